The summed E-state index contributed by atoms with van der Waals surface area (Å²) in [7, 11) is 0. The quantitative estimate of drug-likeness (QED) is 0.129. The van der Waals surface area contributed by atoms with Gasteiger partial charge in [0, 0.05) is 34.7 Å². The number of benzene rings is 3. The summed E-state index contributed by atoms with van der Waals surface area (Å²) in [6.07, 6.45) is -4.01. The monoisotopic (exact) mass is 853 g/mol. The van der Waals surface area contributed by atoms with E-state index in [4.69, 9.17) is 34.8 Å². The first-order valence-electron chi connectivity index (χ1n) is 17.2. The number of rotatable bonds is 10. The highest BCUT2D eigenvalue weighted by Gasteiger charge is 2.35. The predicted molar refractivity (Wildman–Crippen MR) is 199 cm³/mol. The van der Waals surface area contributed by atoms with Crippen LogP contribution in [0.5, 0.6) is 0 Å². The van der Waals surface area contributed by atoms with Crippen molar-refractivity contribution in [1.29, 1.82) is 5.26 Å². The van der Waals surface area contributed by atoms with Gasteiger partial charge in [0.05, 0.1) is 62.4 Å². The normalized spacial score (nSPS) is 13.3. The summed E-state index contributed by atoms with van der Waals surface area (Å²) in [5, 5.41) is 21.3. The molecule has 298 valence electrons. The average Bonchev–Trinajstić information content (AvgIpc) is 3.91. The van der Waals surface area contributed by atoms with Crippen molar-refractivity contribution in [1.82, 2.24) is 29.3 Å². The van der Waals surface area contributed by atoms with E-state index in [0.717, 1.165) is 15.6 Å². The van der Waals surface area contributed by atoms with Gasteiger partial charge in [-0.25, -0.2) is 22.8 Å². The lowest BCUT2D eigenvalue weighted by atomic mass is 9.85. The molecular formula is C39H30Cl3F8N7. The van der Waals surface area contributed by atoms with Crippen LogP contribution in [0.1, 0.15) is 90.0 Å². The van der Waals surface area contributed by atoms with E-state index >= 15 is 8.78 Å². The topological polar surface area (TPSA) is 77.2 Å². The van der Waals surface area contributed by atoms with Gasteiger partial charge in [0.2, 0.25) is 0 Å². The van der Waals surface area contributed by atoms with Crippen molar-refractivity contribution in [3.8, 4) is 23.1 Å². The highest BCUT2D eigenvalue weighted by atomic mass is 35.5. The molecule has 3 aromatic heterocycles. The van der Waals surface area contributed by atoms with Gasteiger partial charge >= 0.3 is 12.4 Å². The standard InChI is InChI=1S/C39H30Cl3F8N7/c1-19(2)32-35(44)30(42)10-24(37(32)56-16-22(12-51)13-52-56)7-20(3)28-11-27(40)9-23(36(28)57-18-26(15-54-57)39(48,49)50)8-21(4)33-31(6-5-29(41)34(33)43)55-17-25(14-53-55)38(45,46)47/h5-6,9-11,13-21H,7-8H2,1-4H3. The van der Waals surface area contributed by atoms with Gasteiger partial charge in [-0.2, -0.15) is 46.9 Å². The number of hydrogen-bond acceptors (Lipinski definition) is 4. The molecule has 57 heavy (non-hydrogen) atoms. The van der Waals surface area contributed by atoms with Gasteiger partial charge in [0.25, 0.3) is 0 Å². The molecule has 6 rings (SSSR count). The van der Waals surface area contributed by atoms with Crippen LogP contribution in [0.4, 0.5) is 35.1 Å². The fourth-order valence-corrected chi connectivity index (χ4v) is 7.57. The average molecular weight is 855 g/mol. The van der Waals surface area contributed by atoms with Crippen molar-refractivity contribution in [2.24, 2.45) is 0 Å². The minimum absolute atomic E-state index is 0.0460. The fourth-order valence-electron chi connectivity index (χ4n) is 6.92. The summed E-state index contributed by atoms with van der Waals surface area (Å²) < 4.78 is 117. The van der Waals surface area contributed by atoms with Crippen molar-refractivity contribution >= 4 is 34.8 Å². The molecule has 3 heterocycles. The van der Waals surface area contributed by atoms with Crippen LogP contribution in [0, 0.1) is 23.0 Å². The summed E-state index contributed by atoms with van der Waals surface area (Å²) in [6.45, 7) is 6.86. The number of aromatic nitrogens is 6. The van der Waals surface area contributed by atoms with Gasteiger partial charge in [-0.15, -0.1) is 0 Å². The molecule has 0 aliphatic heterocycles. The van der Waals surface area contributed by atoms with Crippen LogP contribution in [0.2, 0.25) is 15.1 Å². The Morgan fingerprint density at radius 3 is 1.79 bits per heavy atom. The van der Waals surface area contributed by atoms with Gasteiger partial charge < -0.3 is 0 Å². The van der Waals surface area contributed by atoms with E-state index in [1.54, 1.807) is 33.8 Å². The van der Waals surface area contributed by atoms with E-state index in [1.807, 2.05) is 6.07 Å². The molecule has 6 aromatic rings. The number of nitriles is 1. The Morgan fingerprint density at radius 1 is 0.667 bits per heavy atom. The predicted octanol–water partition coefficient (Wildman–Crippen LogP) is 12.2. The fraction of sp³-hybridized carbons (Fsp3) is 0.282. The number of hydrogen-bond donors (Lipinski definition) is 0. The minimum Gasteiger partial charge on any atom is -0.240 e. The lowest BCUT2D eigenvalue weighted by Crippen LogP contribution is -2.15. The minimum atomic E-state index is -4.76. The van der Waals surface area contributed by atoms with Gasteiger partial charge in [-0.1, -0.05) is 62.5 Å². The molecule has 0 fully saturated rings. The molecule has 0 aliphatic rings. The molecule has 0 saturated heterocycles. The molecule has 0 N–H and O–H groups in total. The first-order chi connectivity index (χ1) is 26.7. The Labute approximate surface area is 336 Å². The van der Waals surface area contributed by atoms with Crippen LogP contribution < -0.4 is 0 Å². The van der Waals surface area contributed by atoms with E-state index in [0.29, 0.717) is 41.0 Å². The third-order valence-corrected chi connectivity index (χ3v) is 10.3. The van der Waals surface area contributed by atoms with E-state index < -0.39 is 52.9 Å². The molecule has 2 unspecified atom stereocenters. The molecule has 0 aliphatic carbocycles. The third-order valence-electron chi connectivity index (χ3n) is 9.49. The van der Waals surface area contributed by atoms with Crippen molar-refractivity contribution < 1.29 is 35.1 Å². The SMILES string of the molecule is CC(C)c1c(F)c(Cl)cc(CC(C)c2cc(Cl)cc(CC(C)c3c(-n4cc(C(F)(F)F)cn4)ccc(Cl)c3F)c2-n2cc(C(F)(F)F)cn2)c1-n1cc(C#N)cn1. The van der Waals surface area contributed by atoms with Gasteiger partial charge in [-0.05, 0) is 77.6 Å². The van der Waals surface area contributed by atoms with E-state index in [-0.39, 0.29) is 56.0 Å². The molecule has 0 radical (unpaired) electrons. The van der Waals surface area contributed by atoms with Crippen LogP contribution >= 0.6 is 34.8 Å². The number of nitrogens with zero attached hydrogens (tertiary/aromatic N) is 7. The van der Waals surface area contributed by atoms with Gasteiger partial charge in [0.1, 0.15) is 17.7 Å². The lowest BCUT2D eigenvalue weighted by Gasteiger charge is -2.25. The summed E-state index contributed by atoms with van der Waals surface area (Å²) in [4.78, 5) is 0. The van der Waals surface area contributed by atoms with Crippen LogP contribution in [0.3, 0.4) is 0 Å². The van der Waals surface area contributed by atoms with Crippen molar-refractivity contribution in [3.63, 3.8) is 0 Å². The van der Waals surface area contributed by atoms with Crippen LogP contribution in [0.25, 0.3) is 17.1 Å². The molecule has 3 aromatic carbocycles. The van der Waals surface area contributed by atoms with Crippen molar-refractivity contribution in [3.05, 3.63) is 139 Å². The van der Waals surface area contributed by atoms with Gasteiger partial charge in [0.15, 0.2) is 0 Å². The second kappa shape index (κ2) is 15.8. The highest BCUT2D eigenvalue weighted by Crippen LogP contribution is 2.41. The Balaban J connectivity index is 1.51. The number of halogens is 11. The van der Waals surface area contributed by atoms with Crippen molar-refractivity contribution in [2.75, 3.05) is 0 Å². The van der Waals surface area contributed by atoms with Crippen molar-refractivity contribution in [2.45, 2.75) is 70.6 Å². The summed E-state index contributed by atoms with van der Waals surface area (Å²) in [5.74, 6) is -3.51. The first-order valence-corrected chi connectivity index (χ1v) is 18.3. The highest BCUT2D eigenvalue weighted by molar-refractivity contribution is 6.31. The summed E-state index contributed by atoms with van der Waals surface area (Å²) >= 11 is 19.3. The molecular weight excluding hydrogens is 825 g/mol. The third kappa shape index (κ3) is 8.40. The molecule has 2 atom stereocenters. The molecule has 18 heteroatoms. The van der Waals surface area contributed by atoms with E-state index in [9.17, 15) is 31.6 Å². The summed E-state index contributed by atoms with van der Waals surface area (Å²) in [6, 6.07) is 8.95. The second-order valence-electron chi connectivity index (χ2n) is 13.9. The smallest absolute Gasteiger partial charge is 0.240 e. The molecule has 0 saturated carbocycles. The zero-order chi connectivity index (χ0) is 41.7. The maximum atomic E-state index is 16.0. The zero-order valence-electron chi connectivity index (χ0n) is 30.3. The Hall–Kier alpha value is -4.91. The van der Waals surface area contributed by atoms with Crippen LogP contribution in [-0.2, 0) is 25.2 Å². The molecule has 0 bridgehead atoms. The van der Waals surface area contributed by atoms with E-state index in [1.165, 1.54) is 41.3 Å². The Morgan fingerprint density at radius 2 is 1.21 bits per heavy atom. The Kier molecular flexibility index (Phi) is 11.6. The van der Waals surface area contributed by atoms with Crippen LogP contribution in [-0.4, -0.2) is 29.3 Å². The Bertz CT molecular complexity index is 2510. The maximum Gasteiger partial charge on any atom is 0.419 e. The second-order valence-corrected chi connectivity index (χ2v) is 15.1. The maximum absolute atomic E-state index is 16.0. The lowest BCUT2D eigenvalue weighted by molar-refractivity contribution is -0.138. The largest absolute Gasteiger partial charge is 0.419 e. The molecule has 0 spiro atoms. The van der Waals surface area contributed by atoms with Crippen LogP contribution in [0.15, 0.2) is 67.5 Å². The number of alkyl halides is 6. The summed E-state index contributed by atoms with van der Waals surface area (Å²) in [5.41, 5.74) is -0.171. The molecule has 7 nitrogen and oxygen atoms in total. The van der Waals surface area contributed by atoms with Gasteiger partial charge in [-0.3, -0.25) is 0 Å². The first kappa shape index (κ1) is 41.7. The van der Waals surface area contributed by atoms with E-state index in [2.05, 4.69) is 15.3 Å². The zero-order valence-corrected chi connectivity index (χ0v) is 32.6. The molecule has 0 amide bonds.